The van der Waals surface area contributed by atoms with Gasteiger partial charge < -0.3 is 9.30 Å². The summed E-state index contributed by atoms with van der Waals surface area (Å²) in [6, 6.07) is 54.3. The number of para-hydroxylation sites is 3. The predicted octanol–water partition coefficient (Wildman–Crippen LogP) is 14.4. The minimum absolute atomic E-state index is 0.975. The third kappa shape index (κ3) is 4.38. The maximum absolute atomic E-state index is 4.11. The number of hydrogen-bond acceptors (Lipinski definition) is 2. The first-order valence-electron chi connectivity index (χ1n) is 18.3. The van der Waals surface area contributed by atoms with E-state index in [1.807, 2.05) is 17.4 Å². The number of anilines is 3. The third-order valence-corrected chi connectivity index (χ3v) is 12.4. The van der Waals surface area contributed by atoms with Crippen LogP contribution in [0.3, 0.4) is 0 Å². The zero-order valence-electron chi connectivity index (χ0n) is 29.3. The number of aromatic nitrogens is 1. The van der Waals surface area contributed by atoms with Crippen molar-refractivity contribution in [3.05, 3.63) is 180 Å². The van der Waals surface area contributed by atoms with Crippen molar-refractivity contribution in [2.75, 3.05) is 4.90 Å². The minimum Gasteiger partial charge on any atom is -0.308 e. The summed E-state index contributed by atoms with van der Waals surface area (Å²) in [5, 5.41) is 6.40. The molecule has 0 fully saturated rings. The second kappa shape index (κ2) is 11.5. The zero-order chi connectivity index (χ0) is 35.2. The molecule has 10 aromatic rings. The number of rotatable bonds is 6. The average Bonchev–Trinajstić information content (AvgIpc) is 3.95. The van der Waals surface area contributed by atoms with Crippen LogP contribution in [0.2, 0.25) is 0 Å². The monoisotopic (exact) mass is 694 g/mol. The van der Waals surface area contributed by atoms with Crippen molar-refractivity contribution in [1.29, 1.82) is 0 Å². The maximum Gasteiger partial charge on any atom is 0.0782 e. The van der Waals surface area contributed by atoms with Gasteiger partial charge in [0.05, 0.1) is 22.2 Å². The molecule has 0 amide bonds. The van der Waals surface area contributed by atoms with Crippen molar-refractivity contribution < 1.29 is 0 Å². The Bertz CT molecular complexity index is 3120. The van der Waals surface area contributed by atoms with Crippen LogP contribution >= 0.6 is 11.3 Å². The molecule has 0 saturated heterocycles. The highest BCUT2D eigenvalue weighted by molar-refractivity contribution is 7.20. The highest BCUT2D eigenvalue weighted by Gasteiger charge is 2.25. The number of nitrogens with zero attached hydrogens (tertiary/aromatic N) is 2. The lowest BCUT2D eigenvalue weighted by Gasteiger charge is -2.27. The van der Waals surface area contributed by atoms with Gasteiger partial charge in [0.1, 0.15) is 0 Å². The van der Waals surface area contributed by atoms with E-state index < -0.39 is 0 Å². The van der Waals surface area contributed by atoms with Crippen molar-refractivity contribution in [3.8, 4) is 22.3 Å². The second-order valence-electron chi connectivity index (χ2n) is 14.1. The van der Waals surface area contributed by atoms with E-state index in [4.69, 9.17) is 0 Å². The number of benzene rings is 7. The Morgan fingerprint density at radius 3 is 2.15 bits per heavy atom. The first-order valence-corrected chi connectivity index (χ1v) is 19.1. The number of fused-ring (bicyclic) bond motifs is 10. The van der Waals surface area contributed by atoms with E-state index in [0.717, 1.165) is 23.5 Å². The van der Waals surface area contributed by atoms with E-state index >= 15 is 0 Å². The normalized spacial score (nSPS) is 12.5. The quantitative estimate of drug-likeness (QED) is 0.168. The second-order valence-corrected chi connectivity index (χ2v) is 15.2. The van der Waals surface area contributed by atoms with E-state index in [2.05, 4.69) is 181 Å². The SMILES string of the molecule is C=Cc1c(/C=C\C)sc2cc(-c3ccc(N(c4ccc5c(c4)-c4ccccc4C5)c4cccc5c6cccc7c8ccccc8n(c45)c76)cc3)ccc12. The molecular formula is C50H34N2S. The van der Waals surface area contributed by atoms with Crippen LogP contribution in [0, 0.1) is 0 Å². The van der Waals surface area contributed by atoms with Crippen LogP contribution in [-0.4, -0.2) is 4.40 Å². The Balaban J connectivity index is 1.13. The molecule has 0 N–H and O–H groups in total. The molecule has 250 valence electrons. The van der Waals surface area contributed by atoms with Gasteiger partial charge in [0.25, 0.3) is 0 Å². The Labute approximate surface area is 312 Å². The number of thiophene rings is 1. The molecule has 0 unspecified atom stereocenters. The molecule has 0 radical (unpaired) electrons. The van der Waals surface area contributed by atoms with E-state index in [0.29, 0.717) is 0 Å². The van der Waals surface area contributed by atoms with E-state index in [9.17, 15) is 0 Å². The molecule has 0 bridgehead atoms. The van der Waals surface area contributed by atoms with Crippen LogP contribution in [0.15, 0.2) is 158 Å². The first-order chi connectivity index (χ1) is 26.2. The molecule has 0 spiro atoms. The summed E-state index contributed by atoms with van der Waals surface area (Å²) in [4.78, 5) is 3.72. The van der Waals surface area contributed by atoms with Gasteiger partial charge in [-0.2, -0.15) is 0 Å². The molecule has 53 heavy (non-hydrogen) atoms. The van der Waals surface area contributed by atoms with Gasteiger partial charge in [0.15, 0.2) is 0 Å². The van der Waals surface area contributed by atoms with Gasteiger partial charge in [-0.1, -0.05) is 122 Å². The summed E-state index contributed by atoms with van der Waals surface area (Å²) in [7, 11) is 0. The topological polar surface area (TPSA) is 7.65 Å². The first kappa shape index (κ1) is 30.2. The summed E-state index contributed by atoms with van der Waals surface area (Å²) < 4.78 is 3.78. The average molecular weight is 695 g/mol. The fourth-order valence-corrected chi connectivity index (χ4v) is 10.1. The summed E-state index contributed by atoms with van der Waals surface area (Å²) in [5.74, 6) is 0. The fraction of sp³-hybridized carbons (Fsp3) is 0.0400. The van der Waals surface area contributed by atoms with Gasteiger partial charge in [-0.15, -0.1) is 11.3 Å². The van der Waals surface area contributed by atoms with Crippen LogP contribution in [-0.2, 0) is 6.42 Å². The van der Waals surface area contributed by atoms with Crippen LogP contribution in [0.1, 0.15) is 28.5 Å². The summed E-state index contributed by atoms with van der Waals surface area (Å²) >= 11 is 1.83. The van der Waals surface area contributed by atoms with Crippen molar-refractivity contribution in [2.24, 2.45) is 0 Å². The van der Waals surface area contributed by atoms with Crippen molar-refractivity contribution >= 4 is 88.7 Å². The lowest BCUT2D eigenvalue weighted by atomic mass is 10.0. The molecule has 0 atom stereocenters. The smallest absolute Gasteiger partial charge is 0.0782 e. The molecular weight excluding hydrogens is 661 g/mol. The minimum atomic E-state index is 0.975. The van der Waals surface area contributed by atoms with Gasteiger partial charge >= 0.3 is 0 Å². The Kier molecular flexibility index (Phi) is 6.58. The van der Waals surface area contributed by atoms with Crippen LogP contribution in [0.5, 0.6) is 0 Å². The summed E-state index contributed by atoms with van der Waals surface area (Å²) in [5.41, 5.74) is 16.3. The lowest BCUT2D eigenvalue weighted by molar-refractivity contribution is 1.24. The van der Waals surface area contributed by atoms with Gasteiger partial charge in [-0.25, -0.2) is 0 Å². The molecule has 2 nitrogen and oxygen atoms in total. The number of hydrogen-bond donors (Lipinski definition) is 0. The molecule has 3 aromatic heterocycles. The van der Waals surface area contributed by atoms with Gasteiger partial charge in [-0.05, 0) is 101 Å². The Morgan fingerprint density at radius 1 is 0.604 bits per heavy atom. The highest BCUT2D eigenvalue weighted by atomic mass is 32.1. The van der Waals surface area contributed by atoms with Crippen molar-refractivity contribution in [1.82, 2.24) is 4.40 Å². The molecule has 0 aliphatic heterocycles. The van der Waals surface area contributed by atoms with Gasteiger partial charge in [0, 0.05) is 47.9 Å². The summed E-state index contributed by atoms with van der Waals surface area (Å²) in [6.07, 6.45) is 7.24. The fourth-order valence-electron chi connectivity index (χ4n) is 8.91. The van der Waals surface area contributed by atoms with Crippen molar-refractivity contribution in [2.45, 2.75) is 13.3 Å². The Morgan fingerprint density at radius 2 is 1.30 bits per heavy atom. The maximum atomic E-state index is 4.11. The summed E-state index contributed by atoms with van der Waals surface area (Å²) in [6.45, 7) is 6.17. The van der Waals surface area contributed by atoms with Gasteiger partial charge in [0.2, 0.25) is 0 Å². The van der Waals surface area contributed by atoms with E-state index in [-0.39, 0.29) is 0 Å². The molecule has 0 saturated carbocycles. The van der Waals surface area contributed by atoms with Crippen LogP contribution < -0.4 is 4.90 Å². The highest BCUT2D eigenvalue weighted by Crippen LogP contribution is 2.48. The largest absolute Gasteiger partial charge is 0.308 e. The predicted molar refractivity (Wildman–Crippen MR) is 230 cm³/mol. The van der Waals surface area contributed by atoms with Crippen LogP contribution in [0.25, 0.3) is 82.6 Å². The third-order valence-electron chi connectivity index (χ3n) is 11.2. The molecule has 3 heteroatoms. The molecule has 3 heterocycles. The lowest BCUT2D eigenvalue weighted by Crippen LogP contribution is -2.11. The molecule has 11 rings (SSSR count). The van der Waals surface area contributed by atoms with Gasteiger partial charge in [-0.3, -0.25) is 0 Å². The molecule has 1 aliphatic rings. The van der Waals surface area contributed by atoms with Crippen molar-refractivity contribution in [3.63, 3.8) is 0 Å². The Hall–Kier alpha value is -6.42. The number of allylic oxidation sites excluding steroid dienone is 1. The molecule has 1 aliphatic carbocycles. The van der Waals surface area contributed by atoms with E-state index in [1.54, 1.807) is 0 Å². The molecule has 7 aromatic carbocycles. The standard InChI is InChI=1S/C50H34N2S/c1-3-11-47-37(4-2)40-27-23-32(29-48(40)53-47)31-20-24-35(25-21-31)51(36-26-22-34-28-33-12-5-6-13-38(33)44(34)30-36)46-19-10-17-43-42-16-9-15-41-39-14-7-8-18-45(39)52(49(41)42)50(43)46/h3-27,29-30H,2,28H2,1H3/b11-3-. The zero-order valence-corrected chi connectivity index (χ0v) is 30.1. The van der Waals surface area contributed by atoms with Crippen LogP contribution in [0.4, 0.5) is 17.1 Å². The van der Waals surface area contributed by atoms with E-state index in [1.165, 1.54) is 92.0 Å².